The number of hydrogen-bond acceptors (Lipinski definition) is 6. The average molecular weight is 264 g/mol. The number of anilines is 1. The van der Waals surface area contributed by atoms with Crippen LogP contribution in [0.5, 0.6) is 5.75 Å². The average Bonchev–Trinajstić information content (AvgIpc) is 2.43. The molecule has 0 saturated carbocycles. The summed E-state index contributed by atoms with van der Waals surface area (Å²) in [6, 6.07) is 6.81. The number of esters is 1. The van der Waals surface area contributed by atoms with Crippen LogP contribution in [-0.4, -0.2) is 37.4 Å². The predicted octanol–water partition coefficient (Wildman–Crippen LogP) is 0.903. The van der Waals surface area contributed by atoms with Gasteiger partial charge in [0.1, 0.15) is 5.75 Å². The lowest BCUT2D eigenvalue weighted by atomic mass is 10.1. The van der Waals surface area contributed by atoms with Gasteiger partial charge in [-0.15, -0.1) is 0 Å². The van der Waals surface area contributed by atoms with Gasteiger partial charge in [0.25, 0.3) is 0 Å². The number of benzene rings is 1. The summed E-state index contributed by atoms with van der Waals surface area (Å²) in [6.45, 7) is 1.31. The first-order valence-electron chi connectivity index (χ1n) is 5.57. The van der Waals surface area contributed by atoms with Gasteiger partial charge in [-0.25, -0.2) is 4.79 Å². The second-order valence-electron chi connectivity index (χ2n) is 4.15. The van der Waals surface area contributed by atoms with Crippen molar-refractivity contribution in [1.29, 1.82) is 5.26 Å². The van der Waals surface area contributed by atoms with Gasteiger partial charge in [-0.2, -0.15) is 5.26 Å². The Labute approximate surface area is 111 Å². The molecule has 1 aromatic carbocycles. The van der Waals surface area contributed by atoms with E-state index in [2.05, 4.69) is 10.1 Å². The summed E-state index contributed by atoms with van der Waals surface area (Å²) in [5, 5.41) is 21.5. The summed E-state index contributed by atoms with van der Waals surface area (Å²) in [5.41, 5.74) is -0.610. The molecule has 1 atom stereocenters. The zero-order chi connectivity index (χ0) is 14.5. The summed E-state index contributed by atoms with van der Waals surface area (Å²) in [5.74, 6) is -0.271. The van der Waals surface area contributed by atoms with E-state index in [1.54, 1.807) is 18.2 Å². The topological polar surface area (TPSA) is 91.6 Å². The summed E-state index contributed by atoms with van der Waals surface area (Å²) in [6.07, 6.45) is 0. The minimum Gasteiger partial charge on any atom is -0.495 e. The molecule has 1 aromatic rings. The van der Waals surface area contributed by atoms with Gasteiger partial charge in [-0.1, -0.05) is 0 Å². The van der Waals surface area contributed by atoms with Crippen LogP contribution >= 0.6 is 0 Å². The Morgan fingerprint density at radius 2 is 2.21 bits per heavy atom. The molecule has 0 fully saturated rings. The smallest absolute Gasteiger partial charge is 0.339 e. The molecule has 0 saturated heterocycles. The van der Waals surface area contributed by atoms with E-state index in [1.165, 1.54) is 21.1 Å². The van der Waals surface area contributed by atoms with Gasteiger partial charge < -0.3 is 19.9 Å². The van der Waals surface area contributed by atoms with Gasteiger partial charge in [0.05, 0.1) is 38.1 Å². The van der Waals surface area contributed by atoms with Crippen LogP contribution in [0.3, 0.4) is 0 Å². The van der Waals surface area contributed by atoms with Crippen LogP contribution in [0.15, 0.2) is 18.2 Å². The van der Waals surface area contributed by atoms with Crippen molar-refractivity contribution in [2.75, 3.05) is 26.1 Å². The van der Waals surface area contributed by atoms with E-state index in [9.17, 15) is 9.90 Å². The summed E-state index contributed by atoms with van der Waals surface area (Å²) < 4.78 is 9.62. The first-order chi connectivity index (χ1) is 8.94. The largest absolute Gasteiger partial charge is 0.495 e. The molecule has 0 aliphatic heterocycles. The molecule has 6 heteroatoms. The van der Waals surface area contributed by atoms with Crippen molar-refractivity contribution in [1.82, 2.24) is 0 Å². The molecule has 1 rings (SSSR count). The standard InChI is InChI=1S/C13H16N2O4/c1-13(17,12(16)19-3)8-15-10-5-4-9(7-14)6-11(10)18-2/h4-6,15,17H,8H2,1-3H3. The molecular weight excluding hydrogens is 248 g/mol. The normalized spacial score (nSPS) is 13.0. The van der Waals surface area contributed by atoms with E-state index in [1.807, 2.05) is 6.07 Å². The van der Waals surface area contributed by atoms with Crippen molar-refractivity contribution in [3.8, 4) is 11.8 Å². The molecule has 1 unspecified atom stereocenters. The third-order valence-electron chi connectivity index (χ3n) is 2.58. The Hall–Kier alpha value is -2.26. The van der Waals surface area contributed by atoms with Crippen LogP contribution in [0.25, 0.3) is 0 Å². The first kappa shape index (κ1) is 14.8. The van der Waals surface area contributed by atoms with Gasteiger partial charge in [0.2, 0.25) is 0 Å². The molecule has 0 bridgehead atoms. The van der Waals surface area contributed by atoms with E-state index >= 15 is 0 Å². The zero-order valence-corrected chi connectivity index (χ0v) is 11.1. The second-order valence-corrected chi connectivity index (χ2v) is 4.15. The SMILES string of the molecule is COC(=O)C(C)(O)CNc1ccc(C#N)cc1OC. The molecule has 102 valence electrons. The highest BCUT2D eigenvalue weighted by Gasteiger charge is 2.31. The third kappa shape index (κ3) is 3.60. The van der Waals surface area contributed by atoms with E-state index in [0.29, 0.717) is 17.0 Å². The fourth-order valence-corrected chi connectivity index (χ4v) is 1.47. The molecule has 0 heterocycles. The molecule has 19 heavy (non-hydrogen) atoms. The van der Waals surface area contributed by atoms with Gasteiger partial charge >= 0.3 is 5.97 Å². The van der Waals surface area contributed by atoms with Crippen LogP contribution in [0.2, 0.25) is 0 Å². The fourth-order valence-electron chi connectivity index (χ4n) is 1.47. The molecule has 0 radical (unpaired) electrons. The highest BCUT2D eigenvalue weighted by molar-refractivity contribution is 5.79. The zero-order valence-electron chi connectivity index (χ0n) is 11.1. The molecule has 6 nitrogen and oxygen atoms in total. The number of aliphatic hydroxyl groups is 1. The quantitative estimate of drug-likeness (QED) is 0.768. The Morgan fingerprint density at radius 1 is 1.53 bits per heavy atom. The number of carbonyl (C=O) groups is 1. The van der Waals surface area contributed by atoms with Crippen LogP contribution in [-0.2, 0) is 9.53 Å². The lowest BCUT2D eigenvalue weighted by Gasteiger charge is -2.22. The molecular formula is C13H16N2O4. The first-order valence-corrected chi connectivity index (χ1v) is 5.57. The predicted molar refractivity (Wildman–Crippen MR) is 68.8 cm³/mol. The number of carbonyl (C=O) groups excluding carboxylic acids is 1. The Kier molecular flexibility index (Phi) is 4.73. The molecule has 0 aromatic heterocycles. The van der Waals surface area contributed by atoms with Crippen molar-refractivity contribution in [2.24, 2.45) is 0 Å². The van der Waals surface area contributed by atoms with Gasteiger partial charge in [0, 0.05) is 6.07 Å². The number of methoxy groups -OCH3 is 2. The highest BCUT2D eigenvalue weighted by atomic mass is 16.5. The fraction of sp³-hybridized carbons (Fsp3) is 0.385. The molecule has 0 amide bonds. The lowest BCUT2D eigenvalue weighted by Crippen LogP contribution is -2.42. The van der Waals surface area contributed by atoms with Crippen molar-refractivity contribution >= 4 is 11.7 Å². The number of hydrogen-bond donors (Lipinski definition) is 2. The maximum Gasteiger partial charge on any atom is 0.339 e. The van der Waals surface area contributed by atoms with E-state index in [-0.39, 0.29) is 6.54 Å². The Balaban J connectivity index is 2.84. The summed E-state index contributed by atoms with van der Waals surface area (Å²) >= 11 is 0. The minimum atomic E-state index is -1.65. The molecule has 0 spiro atoms. The Bertz CT molecular complexity index is 506. The molecule has 0 aliphatic rings. The van der Waals surface area contributed by atoms with Gasteiger partial charge in [0.15, 0.2) is 5.60 Å². The van der Waals surface area contributed by atoms with E-state index in [0.717, 1.165) is 0 Å². The Morgan fingerprint density at radius 3 is 2.74 bits per heavy atom. The summed E-state index contributed by atoms with van der Waals surface area (Å²) in [7, 11) is 2.68. The highest BCUT2D eigenvalue weighted by Crippen LogP contribution is 2.25. The van der Waals surface area contributed by atoms with Crippen molar-refractivity contribution in [3.05, 3.63) is 23.8 Å². The van der Waals surface area contributed by atoms with Crippen LogP contribution in [0.1, 0.15) is 12.5 Å². The summed E-state index contributed by atoms with van der Waals surface area (Å²) in [4.78, 5) is 11.3. The molecule has 2 N–H and O–H groups in total. The number of ether oxygens (including phenoxy) is 2. The monoisotopic (exact) mass is 264 g/mol. The van der Waals surface area contributed by atoms with E-state index < -0.39 is 11.6 Å². The number of nitrogens with one attached hydrogen (secondary N) is 1. The van der Waals surface area contributed by atoms with Crippen molar-refractivity contribution in [2.45, 2.75) is 12.5 Å². The van der Waals surface area contributed by atoms with E-state index in [4.69, 9.17) is 10.00 Å². The number of rotatable bonds is 5. The van der Waals surface area contributed by atoms with Gasteiger partial charge in [-0.05, 0) is 19.1 Å². The molecule has 0 aliphatic carbocycles. The third-order valence-corrected chi connectivity index (χ3v) is 2.58. The second kappa shape index (κ2) is 6.07. The lowest BCUT2D eigenvalue weighted by molar-refractivity contribution is -0.158. The van der Waals surface area contributed by atoms with Crippen LogP contribution in [0.4, 0.5) is 5.69 Å². The van der Waals surface area contributed by atoms with Crippen molar-refractivity contribution < 1.29 is 19.4 Å². The van der Waals surface area contributed by atoms with Gasteiger partial charge in [-0.3, -0.25) is 0 Å². The van der Waals surface area contributed by atoms with Crippen LogP contribution in [0, 0.1) is 11.3 Å². The van der Waals surface area contributed by atoms with Crippen molar-refractivity contribution in [3.63, 3.8) is 0 Å². The minimum absolute atomic E-state index is 0.0397. The number of nitrogens with zero attached hydrogens (tertiary/aromatic N) is 1. The maximum atomic E-state index is 11.3. The maximum absolute atomic E-state index is 11.3. The number of nitriles is 1. The van der Waals surface area contributed by atoms with Crippen LogP contribution < -0.4 is 10.1 Å².